The minimum atomic E-state index is -3.50. The second-order valence-corrected chi connectivity index (χ2v) is 7.43. The third-order valence-electron chi connectivity index (χ3n) is 3.87. The number of benzene rings is 1. The van der Waals surface area contributed by atoms with Gasteiger partial charge in [0.1, 0.15) is 4.90 Å². The van der Waals surface area contributed by atoms with Crippen LogP contribution in [0.1, 0.15) is 32.3 Å². The molecular formula is C14H22N2O2S. The zero-order valence-electron chi connectivity index (χ0n) is 11.8. The normalized spacial score (nSPS) is 25.4. The maximum Gasteiger partial charge on any atom is 0.245 e. The highest BCUT2D eigenvalue weighted by Crippen LogP contribution is 2.31. The fraction of sp³-hybridized carbons (Fsp3) is 0.571. The third-order valence-corrected chi connectivity index (χ3v) is 6.07. The van der Waals surface area contributed by atoms with Gasteiger partial charge in [0.05, 0.1) is 5.69 Å². The summed E-state index contributed by atoms with van der Waals surface area (Å²) in [5.41, 5.74) is 6.94. The van der Waals surface area contributed by atoms with E-state index in [0.717, 1.165) is 12.8 Å². The molecule has 0 aliphatic carbocycles. The lowest BCUT2D eigenvalue weighted by atomic mass is 9.97. The number of aryl methyl sites for hydroxylation is 1. The molecule has 1 heterocycles. The van der Waals surface area contributed by atoms with E-state index < -0.39 is 10.0 Å². The number of nitrogen functional groups attached to an aromatic ring is 1. The highest BCUT2D eigenvalue weighted by Gasteiger charge is 2.35. The Morgan fingerprint density at radius 1 is 1.26 bits per heavy atom. The lowest BCUT2D eigenvalue weighted by Gasteiger charge is -2.36. The van der Waals surface area contributed by atoms with Gasteiger partial charge in [-0.15, -0.1) is 0 Å². The van der Waals surface area contributed by atoms with Crippen LogP contribution < -0.4 is 5.73 Å². The van der Waals surface area contributed by atoms with Crippen LogP contribution in [0.4, 0.5) is 5.69 Å². The molecule has 0 radical (unpaired) electrons. The van der Waals surface area contributed by atoms with Crippen LogP contribution in [0.5, 0.6) is 0 Å². The summed E-state index contributed by atoms with van der Waals surface area (Å²) >= 11 is 0. The molecule has 2 rings (SSSR count). The van der Waals surface area contributed by atoms with E-state index in [9.17, 15) is 8.42 Å². The van der Waals surface area contributed by atoms with Gasteiger partial charge in [0, 0.05) is 12.6 Å². The van der Waals surface area contributed by atoms with Crippen LogP contribution >= 0.6 is 0 Å². The van der Waals surface area contributed by atoms with E-state index in [1.807, 2.05) is 6.92 Å². The Kier molecular flexibility index (Phi) is 3.87. The summed E-state index contributed by atoms with van der Waals surface area (Å²) in [6.07, 6.45) is 1.99. The second kappa shape index (κ2) is 5.13. The topological polar surface area (TPSA) is 63.4 Å². The molecule has 2 N–H and O–H groups in total. The van der Waals surface area contributed by atoms with Crippen LogP contribution in [0.15, 0.2) is 23.1 Å². The smallest absolute Gasteiger partial charge is 0.245 e. The van der Waals surface area contributed by atoms with Gasteiger partial charge < -0.3 is 5.73 Å². The van der Waals surface area contributed by atoms with E-state index in [1.165, 1.54) is 0 Å². The van der Waals surface area contributed by atoms with Gasteiger partial charge in [-0.2, -0.15) is 4.31 Å². The largest absolute Gasteiger partial charge is 0.398 e. The molecule has 1 aliphatic rings. The molecule has 1 saturated heterocycles. The van der Waals surface area contributed by atoms with Crippen molar-refractivity contribution in [2.24, 2.45) is 5.92 Å². The summed E-state index contributed by atoms with van der Waals surface area (Å²) in [7, 11) is -3.50. The quantitative estimate of drug-likeness (QED) is 0.847. The van der Waals surface area contributed by atoms with Crippen molar-refractivity contribution in [2.45, 2.75) is 44.6 Å². The van der Waals surface area contributed by atoms with E-state index in [-0.39, 0.29) is 10.9 Å². The van der Waals surface area contributed by atoms with Crippen molar-refractivity contribution in [1.29, 1.82) is 0 Å². The fourth-order valence-electron chi connectivity index (χ4n) is 2.73. The zero-order chi connectivity index (χ0) is 14.2. The van der Waals surface area contributed by atoms with Crippen molar-refractivity contribution in [3.8, 4) is 0 Å². The van der Waals surface area contributed by atoms with Crippen LogP contribution in [0.25, 0.3) is 0 Å². The predicted octanol–water partition coefficient (Wildman–Crippen LogP) is 2.39. The van der Waals surface area contributed by atoms with Gasteiger partial charge in [-0.1, -0.05) is 19.1 Å². The molecule has 5 heteroatoms. The third kappa shape index (κ3) is 2.62. The molecule has 1 fully saturated rings. The number of sulfonamides is 1. The number of rotatable bonds is 2. The Morgan fingerprint density at radius 2 is 1.95 bits per heavy atom. The number of hydrogen-bond donors (Lipinski definition) is 1. The molecule has 0 amide bonds. The van der Waals surface area contributed by atoms with E-state index in [4.69, 9.17) is 5.73 Å². The summed E-state index contributed by atoms with van der Waals surface area (Å²) in [6, 6.07) is 5.27. The number of hydrogen-bond acceptors (Lipinski definition) is 3. The first-order valence-electron chi connectivity index (χ1n) is 6.71. The van der Waals surface area contributed by atoms with Gasteiger partial charge in [0.15, 0.2) is 0 Å². The van der Waals surface area contributed by atoms with E-state index >= 15 is 0 Å². The average Bonchev–Trinajstić information content (AvgIpc) is 2.31. The first kappa shape index (κ1) is 14.3. The molecule has 0 spiro atoms. The van der Waals surface area contributed by atoms with Gasteiger partial charge in [-0.3, -0.25) is 0 Å². The van der Waals surface area contributed by atoms with Gasteiger partial charge in [0.2, 0.25) is 10.0 Å². The highest BCUT2D eigenvalue weighted by atomic mass is 32.2. The van der Waals surface area contributed by atoms with Crippen molar-refractivity contribution in [2.75, 3.05) is 12.3 Å². The van der Waals surface area contributed by atoms with Crippen molar-refractivity contribution < 1.29 is 8.42 Å². The minimum absolute atomic E-state index is 0.0419. The standard InChI is InChI=1S/C14H22N2O2S/c1-10-7-8-12(3)16(9-10)19(17,18)14-11(2)5-4-6-13(14)15/h4-6,10,12H,7-9,15H2,1-3H3. The second-order valence-electron chi connectivity index (χ2n) is 5.60. The molecule has 1 aromatic carbocycles. The van der Waals surface area contributed by atoms with Gasteiger partial charge in [-0.25, -0.2) is 8.42 Å². The molecule has 4 nitrogen and oxygen atoms in total. The molecule has 19 heavy (non-hydrogen) atoms. The maximum atomic E-state index is 12.8. The number of anilines is 1. The molecule has 106 valence electrons. The Hall–Kier alpha value is -1.07. The molecule has 2 unspecified atom stereocenters. The van der Waals surface area contributed by atoms with Crippen LogP contribution in [0.2, 0.25) is 0 Å². The Morgan fingerprint density at radius 3 is 2.58 bits per heavy atom. The maximum absolute atomic E-state index is 12.8. The number of piperidine rings is 1. The van der Waals surface area contributed by atoms with Gasteiger partial charge in [0.25, 0.3) is 0 Å². The fourth-order valence-corrected chi connectivity index (χ4v) is 4.83. The van der Waals surface area contributed by atoms with Crippen LogP contribution in [-0.2, 0) is 10.0 Å². The lowest BCUT2D eigenvalue weighted by Crippen LogP contribution is -2.45. The predicted molar refractivity (Wildman–Crippen MR) is 77.3 cm³/mol. The monoisotopic (exact) mass is 282 g/mol. The van der Waals surface area contributed by atoms with Crippen LogP contribution in [0.3, 0.4) is 0 Å². The molecular weight excluding hydrogens is 260 g/mol. The highest BCUT2D eigenvalue weighted by molar-refractivity contribution is 7.89. The van der Waals surface area contributed by atoms with Crippen LogP contribution in [-0.4, -0.2) is 25.3 Å². The van der Waals surface area contributed by atoms with Crippen molar-refractivity contribution in [3.05, 3.63) is 23.8 Å². The molecule has 1 aromatic rings. The van der Waals surface area contributed by atoms with Gasteiger partial charge >= 0.3 is 0 Å². The SMILES string of the molecule is Cc1cccc(N)c1S(=O)(=O)N1CC(C)CCC1C. The Balaban J connectivity index is 2.47. The molecule has 0 saturated carbocycles. The molecule has 0 aromatic heterocycles. The average molecular weight is 282 g/mol. The molecule has 0 bridgehead atoms. The minimum Gasteiger partial charge on any atom is -0.398 e. The summed E-state index contributed by atoms with van der Waals surface area (Å²) in [6.45, 7) is 6.44. The first-order valence-corrected chi connectivity index (χ1v) is 8.15. The molecule has 1 aliphatic heterocycles. The number of nitrogens with two attached hydrogens (primary N) is 1. The van der Waals surface area contributed by atoms with Gasteiger partial charge in [-0.05, 0) is 44.2 Å². The zero-order valence-corrected chi connectivity index (χ0v) is 12.6. The lowest BCUT2D eigenvalue weighted by molar-refractivity contribution is 0.218. The van der Waals surface area contributed by atoms with Crippen molar-refractivity contribution in [3.63, 3.8) is 0 Å². The van der Waals surface area contributed by atoms with Crippen LogP contribution in [0, 0.1) is 12.8 Å². The summed E-state index contributed by atoms with van der Waals surface area (Å²) in [5.74, 6) is 0.399. The van der Waals surface area contributed by atoms with E-state index in [2.05, 4.69) is 6.92 Å². The van der Waals surface area contributed by atoms with Crippen molar-refractivity contribution >= 4 is 15.7 Å². The summed E-state index contributed by atoms with van der Waals surface area (Å²) in [4.78, 5) is 0.274. The molecule has 2 atom stereocenters. The Labute approximate surface area is 115 Å². The summed E-state index contributed by atoms with van der Waals surface area (Å²) in [5, 5.41) is 0. The number of nitrogens with zero attached hydrogens (tertiary/aromatic N) is 1. The summed E-state index contributed by atoms with van der Waals surface area (Å²) < 4.78 is 27.3. The van der Waals surface area contributed by atoms with E-state index in [0.29, 0.717) is 23.7 Å². The first-order chi connectivity index (χ1) is 8.84. The van der Waals surface area contributed by atoms with Crippen molar-refractivity contribution in [1.82, 2.24) is 4.31 Å². The Bertz CT molecular complexity index is 549. The van der Waals surface area contributed by atoms with E-state index in [1.54, 1.807) is 29.4 Å².